The molecule has 14 heavy (non-hydrogen) atoms. The summed E-state index contributed by atoms with van der Waals surface area (Å²) in [4.78, 5) is 26.8. The third kappa shape index (κ3) is 3.26. The van der Waals surface area contributed by atoms with Gasteiger partial charge in [0.05, 0.1) is 0 Å². The van der Waals surface area contributed by atoms with Gasteiger partial charge in [0.1, 0.15) is 0 Å². The molecule has 0 aliphatic rings. The summed E-state index contributed by atoms with van der Waals surface area (Å²) in [5.74, 6) is 0. The highest BCUT2D eigenvalue weighted by Crippen LogP contribution is 2.27. The fraction of sp³-hybridized carbons (Fsp3) is 0.750. The second kappa shape index (κ2) is 4.74. The second-order valence-corrected chi connectivity index (χ2v) is 14.5. The second-order valence-electron chi connectivity index (χ2n) is 4.69. The van der Waals surface area contributed by atoms with E-state index < -0.39 is 16.5 Å². The monoisotopic (exact) mass is 232 g/mol. The molecule has 0 radical (unpaired) electrons. The van der Waals surface area contributed by atoms with E-state index in [2.05, 4.69) is 43.1 Å². The van der Waals surface area contributed by atoms with Crippen LogP contribution >= 0.6 is 0 Å². The van der Waals surface area contributed by atoms with Crippen molar-refractivity contribution in [3.8, 4) is 0 Å². The van der Waals surface area contributed by atoms with E-state index >= 15 is 0 Å². The van der Waals surface area contributed by atoms with Gasteiger partial charge in [0.2, 0.25) is 0 Å². The summed E-state index contributed by atoms with van der Waals surface area (Å²) < 4.78 is 0. The zero-order chi connectivity index (χ0) is 11.4. The minimum atomic E-state index is -1.76. The normalized spacial score (nSPS) is 12.4. The van der Waals surface area contributed by atoms with Crippen molar-refractivity contribution in [3.05, 3.63) is 0 Å². The Labute approximate surface area is 87.6 Å². The van der Waals surface area contributed by atoms with Crippen LogP contribution in [0.15, 0.2) is 0 Å². The van der Waals surface area contributed by atoms with E-state index in [0.717, 1.165) is 12.8 Å². The Hall–Kier alpha value is -0.626. The Morgan fingerprint density at radius 2 is 1.21 bits per heavy atom. The summed E-state index contributed by atoms with van der Waals surface area (Å²) in [5, 5.41) is 0.394. The first-order valence-corrected chi connectivity index (χ1v) is 10.9. The van der Waals surface area contributed by atoms with Crippen molar-refractivity contribution < 1.29 is 9.59 Å². The van der Waals surface area contributed by atoms with Gasteiger partial charge in [-0.25, -0.2) is 0 Å². The maximum absolute atomic E-state index is 10.5. The Morgan fingerprint density at radius 3 is 1.43 bits per heavy atom. The van der Waals surface area contributed by atoms with Gasteiger partial charge in [0.25, 0.3) is 0 Å². The van der Waals surface area contributed by atoms with Crippen molar-refractivity contribution >= 4 is 29.3 Å². The van der Waals surface area contributed by atoms with Crippen LogP contribution in [0.3, 0.4) is 0 Å². The van der Waals surface area contributed by atoms with E-state index in [9.17, 15) is 9.59 Å². The van der Waals surface area contributed by atoms with Gasteiger partial charge in [-0.15, -0.1) is 0 Å². The van der Waals surface area contributed by atoms with Gasteiger partial charge >= 0.3 is 0 Å². The van der Waals surface area contributed by atoms with Crippen LogP contribution in [0.25, 0.3) is 0 Å². The highest BCUT2D eigenvalue weighted by Gasteiger charge is 2.41. The van der Waals surface area contributed by atoms with E-state index in [1.54, 1.807) is 0 Å². The molecule has 0 saturated heterocycles. The molecule has 2 amide bonds. The highest BCUT2D eigenvalue weighted by atomic mass is 28.4. The third-order valence-electron chi connectivity index (χ3n) is 3.03. The number of carbonyl (C=O) groups excluding carboxylic acids is 2. The van der Waals surface area contributed by atoms with Crippen molar-refractivity contribution in [2.75, 3.05) is 0 Å². The standard InChI is InChI=1S/C8H20N2O2Si2/c1-8(13(2,3)9-6-11)14(4,5)10-7-12/h6-8H,1-5H3,(H,9,11)(H,10,12). The third-order valence-corrected chi connectivity index (χ3v) is 13.4. The molecule has 0 heterocycles. The van der Waals surface area contributed by atoms with Crippen LogP contribution in [0.4, 0.5) is 0 Å². The lowest BCUT2D eigenvalue weighted by Crippen LogP contribution is -2.60. The molecule has 0 spiro atoms. The van der Waals surface area contributed by atoms with Gasteiger partial charge < -0.3 is 9.96 Å². The molecule has 0 unspecified atom stereocenters. The van der Waals surface area contributed by atoms with Gasteiger partial charge in [-0.3, -0.25) is 9.59 Å². The smallest absolute Gasteiger partial charge is 0.199 e. The van der Waals surface area contributed by atoms with Crippen molar-refractivity contribution in [2.45, 2.75) is 38.3 Å². The predicted octanol–water partition coefficient (Wildman–Crippen LogP) is 0.818. The SMILES string of the molecule is CC([Si](C)(C)NC=O)[Si](C)(C)NC=O. The predicted molar refractivity (Wildman–Crippen MR) is 62.8 cm³/mol. The Balaban J connectivity index is 4.64. The molecule has 0 aliphatic carbocycles. The fourth-order valence-corrected chi connectivity index (χ4v) is 10.3. The molecule has 4 nitrogen and oxygen atoms in total. The number of hydrogen-bond acceptors (Lipinski definition) is 2. The molecular weight excluding hydrogens is 212 g/mol. The summed E-state index contributed by atoms with van der Waals surface area (Å²) in [7, 11) is -3.51. The average molecular weight is 232 g/mol. The molecule has 0 rings (SSSR count). The molecule has 0 aliphatic heterocycles. The molecular formula is C8H20N2O2Si2. The van der Waals surface area contributed by atoms with Crippen LogP contribution in [0.1, 0.15) is 6.92 Å². The topological polar surface area (TPSA) is 58.2 Å². The van der Waals surface area contributed by atoms with Crippen LogP contribution < -0.4 is 9.96 Å². The van der Waals surface area contributed by atoms with E-state index in [-0.39, 0.29) is 0 Å². The fourth-order valence-electron chi connectivity index (χ4n) is 1.46. The summed E-state index contributed by atoms with van der Waals surface area (Å²) >= 11 is 0. The molecule has 0 atom stereocenters. The Bertz CT molecular complexity index is 197. The van der Waals surface area contributed by atoms with Crippen molar-refractivity contribution in [1.82, 2.24) is 9.96 Å². The molecule has 0 fully saturated rings. The number of nitrogens with one attached hydrogen (secondary N) is 2. The summed E-state index contributed by atoms with van der Waals surface area (Å²) in [6, 6.07) is 0. The van der Waals surface area contributed by atoms with E-state index in [1.165, 1.54) is 0 Å². The Kier molecular flexibility index (Phi) is 4.53. The Morgan fingerprint density at radius 1 is 0.929 bits per heavy atom. The largest absolute Gasteiger partial charge is 0.385 e. The molecule has 6 heteroatoms. The van der Waals surface area contributed by atoms with Gasteiger partial charge in [0, 0.05) is 0 Å². The number of carbonyl (C=O) groups is 2. The highest BCUT2D eigenvalue weighted by molar-refractivity contribution is 6.96. The van der Waals surface area contributed by atoms with Crippen molar-refractivity contribution in [3.63, 3.8) is 0 Å². The number of amides is 2. The molecule has 0 aromatic rings. The zero-order valence-corrected chi connectivity index (χ0v) is 11.5. The molecule has 2 N–H and O–H groups in total. The van der Waals surface area contributed by atoms with Crippen molar-refractivity contribution in [1.29, 1.82) is 0 Å². The first-order valence-electron chi connectivity index (χ1n) is 4.70. The molecule has 82 valence electrons. The summed E-state index contributed by atoms with van der Waals surface area (Å²) in [6.45, 7) is 10.5. The van der Waals surface area contributed by atoms with Gasteiger partial charge in [0.15, 0.2) is 29.3 Å². The molecule has 0 saturated carbocycles. The van der Waals surface area contributed by atoms with Crippen LogP contribution in [0, 0.1) is 0 Å². The molecule has 0 bridgehead atoms. The number of hydrogen-bond donors (Lipinski definition) is 2. The maximum atomic E-state index is 10.5. The van der Waals surface area contributed by atoms with Gasteiger partial charge in [-0.1, -0.05) is 33.1 Å². The van der Waals surface area contributed by atoms with E-state index in [1.807, 2.05) is 0 Å². The lowest BCUT2D eigenvalue weighted by molar-refractivity contribution is -0.109. The lowest BCUT2D eigenvalue weighted by atomic mass is 10.9. The quantitative estimate of drug-likeness (QED) is 0.526. The van der Waals surface area contributed by atoms with Crippen LogP contribution in [0.5, 0.6) is 0 Å². The van der Waals surface area contributed by atoms with E-state index in [0.29, 0.717) is 5.16 Å². The summed E-state index contributed by atoms with van der Waals surface area (Å²) in [5.41, 5.74) is 0. The van der Waals surface area contributed by atoms with Crippen LogP contribution in [-0.2, 0) is 9.59 Å². The summed E-state index contributed by atoms with van der Waals surface area (Å²) in [6.07, 6.45) is 1.54. The minimum Gasteiger partial charge on any atom is -0.385 e. The van der Waals surface area contributed by atoms with Gasteiger partial charge in [-0.2, -0.15) is 0 Å². The minimum absolute atomic E-state index is 0.394. The average Bonchev–Trinajstić information content (AvgIpc) is 2.02. The van der Waals surface area contributed by atoms with Crippen molar-refractivity contribution in [2.24, 2.45) is 0 Å². The first kappa shape index (κ1) is 13.4. The first-order chi connectivity index (χ1) is 6.28. The van der Waals surface area contributed by atoms with Crippen LogP contribution in [0.2, 0.25) is 31.4 Å². The van der Waals surface area contributed by atoms with E-state index in [4.69, 9.17) is 0 Å². The molecule has 0 aromatic carbocycles. The molecule has 0 aromatic heterocycles. The lowest BCUT2D eigenvalue weighted by Gasteiger charge is -2.38. The zero-order valence-electron chi connectivity index (χ0n) is 9.55. The van der Waals surface area contributed by atoms with Crippen LogP contribution in [-0.4, -0.2) is 29.3 Å². The maximum Gasteiger partial charge on any atom is 0.199 e. The number of rotatable bonds is 6. The van der Waals surface area contributed by atoms with Gasteiger partial charge in [-0.05, 0) is 5.16 Å².